The van der Waals surface area contributed by atoms with E-state index in [9.17, 15) is 14.4 Å². The number of aromatic nitrogens is 2. The molecule has 1 unspecified atom stereocenters. The number of hydrogen-bond acceptors (Lipinski definition) is 5. The van der Waals surface area contributed by atoms with E-state index in [0.717, 1.165) is 12.0 Å². The van der Waals surface area contributed by atoms with Crippen molar-refractivity contribution in [1.29, 1.82) is 0 Å². The summed E-state index contributed by atoms with van der Waals surface area (Å²) in [6.07, 6.45) is 3.57. The fourth-order valence-corrected chi connectivity index (χ4v) is 4.09. The molecule has 152 valence electrons. The van der Waals surface area contributed by atoms with Crippen LogP contribution in [0.15, 0.2) is 57.8 Å². The average Bonchev–Trinajstić information content (AvgIpc) is 3.18. The predicted molar refractivity (Wildman–Crippen MR) is 107 cm³/mol. The summed E-state index contributed by atoms with van der Waals surface area (Å²) in [5, 5.41) is 0. The highest BCUT2D eigenvalue weighted by atomic mass is 16.8. The van der Waals surface area contributed by atoms with Crippen LogP contribution in [0.4, 0.5) is 0 Å². The van der Waals surface area contributed by atoms with Gasteiger partial charge in [-0.3, -0.25) is 14.2 Å². The van der Waals surface area contributed by atoms with Crippen LogP contribution in [0.1, 0.15) is 49.2 Å². The van der Waals surface area contributed by atoms with Gasteiger partial charge in [0.15, 0.2) is 5.79 Å². The molecular formula is C22H24N2O5. The molecule has 29 heavy (non-hydrogen) atoms. The summed E-state index contributed by atoms with van der Waals surface area (Å²) in [6.45, 7) is 7.29. The minimum absolute atomic E-state index is 0.252. The zero-order valence-corrected chi connectivity index (χ0v) is 16.9. The van der Waals surface area contributed by atoms with E-state index >= 15 is 0 Å². The summed E-state index contributed by atoms with van der Waals surface area (Å²) in [7, 11) is 0. The van der Waals surface area contributed by atoms with Crippen LogP contribution in [0, 0.1) is 6.92 Å². The van der Waals surface area contributed by atoms with Crippen molar-refractivity contribution in [2.45, 2.75) is 58.2 Å². The van der Waals surface area contributed by atoms with Crippen molar-refractivity contribution < 1.29 is 14.3 Å². The predicted octanol–water partition coefficient (Wildman–Crippen LogP) is 2.42. The van der Waals surface area contributed by atoms with Crippen molar-refractivity contribution >= 4 is 5.91 Å². The maximum absolute atomic E-state index is 13.3. The molecule has 1 aliphatic carbocycles. The van der Waals surface area contributed by atoms with Crippen LogP contribution in [0.5, 0.6) is 0 Å². The minimum Gasteiger partial charge on any atom is -0.342 e. The fraction of sp³-hybridized carbons (Fsp3) is 0.409. The molecule has 3 atom stereocenters. The van der Waals surface area contributed by atoms with Crippen molar-refractivity contribution in [1.82, 2.24) is 9.13 Å². The van der Waals surface area contributed by atoms with Crippen LogP contribution in [-0.4, -0.2) is 33.0 Å². The molecule has 1 aromatic heterocycles. The first kappa shape index (κ1) is 19.5. The zero-order chi connectivity index (χ0) is 20.9. The topological polar surface area (TPSA) is 79.5 Å². The lowest BCUT2D eigenvalue weighted by molar-refractivity contribution is -0.148. The number of hydrogen-bond donors (Lipinski definition) is 0. The van der Waals surface area contributed by atoms with Gasteiger partial charge in [-0.05, 0) is 44.9 Å². The molecule has 2 aromatic rings. The van der Waals surface area contributed by atoms with Crippen LogP contribution < -0.4 is 11.2 Å². The first-order valence-electron chi connectivity index (χ1n) is 9.74. The second kappa shape index (κ2) is 6.93. The quantitative estimate of drug-likeness (QED) is 0.745. The van der Waals surface area contributed by atoms with Gasteiger partial charge in [-0.1, -0.05) is 31.2 Å². The Morgan fingerprint density at radius 1 is 1.14 bits per heavy atom. The normalized spacial score (nSPS) is 25.0. The second-order valence-electron chi connectivity index (χ2n) is 7.92. The summed E-state index contributed by atoms with van der Waals surface area (Å²) in [5.41, 5.74) is 0.335. The van der Waals surface area contributed by atoms with E-state index in [1.54, 1.807) is 37.3 Å². The van der Waals surface area contributed by atoms with E-state index in [-0.39, 0.29) is 11.7 Å². The Bertz CT molecular complexity index is 1110. The molecule has 0 spiro atoms. The molecule has 2 heterocycles. The van der Waals surface area contributed by atoms with Crippen LogP contribution in [0.2, 0.25) is 0 Å². The van der Waals surface area contributed by atoms with Crippen LogP contribution in [0.3, 0.4) is 0 Å². The third-order valence-corrected chi connectivity index (χ3v) is 5.45. The van der Waals surface area contributed by atoms with Gasteiger partial charge in [0, 0.05) is 17.3 Å². The summed E-state index contributed by atoms with van der Waals surface area (Å²) in [6, 6.07) is 7.85. The highest BCUT2D eigenvalue weighted by molar-refractivity contribution is 5.95. The minimum atomic E-state index is -0.769. The van der Waals surface area contributed by atoms with Gasteiger partial charge in [0.2, 0.25) is 0 Å². The number of benzene rings is 1. The highest BCUT2D eigenvalue weighted by Crippen LogP contribution is 2.43. The standard InChI is InChI=1S/C22H24N2O5/c1-5-14-11-16(18-17(14)28-22(3,4)29-18)23-12-13(2)19(25)24(21(23)27)20(26)15-9-7-6-8-10-15/h6-12,16-18H,5H2,1-4H3/t16-,17+,18?/m1/s1. The molecule has 1 saturated heterocycles. The van der Waals surface area contributed by atoms with E-state index in [1.807, 2.05) is 26.8 Å². The summed E-state index contributed by atoms with van der Waals surface area (Å²) in [5.74, 6) is -1.41. The van der Waals surface area contributed by atoms with Gasteiger partial charge in [0.25, 0.3) is 11.5 Å². The van der Waals surface area contributed by atoms with E-state index in [4.69, 9.17) is 9.47 Å². The molecule has 0 bridgehead atoms. The Morgan fingerprint density at radius 3 is 2.48 bits per heavy atom. The molecule has 2 aliphatic rings. The molecule has 1 aliphatic heterocycles. The lowest BCUT2D eigenvalue weighted by Crippen LogP contribution is -2.47. The van der Waals surface area contributed by atoms with Crippen molar-refractivity contribution in [2.24, 2.45) is 0 Å². The number of aryl methyl sites for hydroxylation is 1. The van der Waals surface area contributed by atoms with Crippen LogP contribution in [-0.2, 0) is 9.47 Å². The first-order valence-corrected chi connectivity index (χ1v) is 9.74. The van der Waals surface area contributed by atoms with Crippen molar-refractivity contribution in [3.05, 3.63) is 80.1 Å². The molecule has 1 fully saturated rings. The molecule has 7 heteroatoms. The van der Waals surface area contributed by atoms with Crippen LogP contribution in [0.25, 0.3) is 0 Å². The Balaban J connectivity index is 1.85. The van der Waals surface area contributed by atoms with Gasteiger partial charge < -0.3 is 9.47 Å². The Hall–Kier alpha value is -2.77. The first-order chi connectivity index (χ1) is 13.7. The lowest BCUT2D eigenvalue weighted by Gasteiger charge is -2.23. The summed E-state index contributed by atoms with van der Waals surface area (Å²) < 4.78 is 14.2. The number of nitrogens with zero attached hydrogens (tertiary/aromatic N) is 2. The molecule has 0 radical (unpaired) electrons. The Morgan fingerprint density at radius 2 is 1.83 bits per heavy atom. The number of carbonyl (C=O) groups is 1. The SMILES string of the molecule is CCC1=C[C@@H](n2cc(C)c(=O)n(C(=O)c3ccccc3)c2=O)C2OC(C)(C)O[C@@H]12. The van der Waals surface area contributed by atoms with Gasteiger partial charge in [0.05, 0.1) is 6.04 Å². The van der Waals surface area contributed by atoms with Gasteiger partial charge in [-0.15, -0.1) is 0 Å². The maximum Gasteiger partial charge on any atom is 0.338 e. The van der Waals surface area contributed by atoms with E-state index < -0.39 is 35.1 Å². The largest absolute Gasteiger partial charge is 0.342 e. The third kappa shape index (κ3) is 3.20. The van der Waals surface area contributed by atoms with Crippen molar-refractivity contribution in [3.63, 3.8) is 0 Å². The van der Waals surface area contributed by atoms with Gasteiger partial charge in [-0.25, -0.2) is 4.79 Å². The van der Waals surface area contributed by atoms with E-state index in [2.05, 4.69) is 0 Å². The summed E-state index contributed by atoms with van der Waals surface area (Å²) in [4.78, 5) is 38.9. The Labute approximate surface area is 168 Å². The molecule has 7 nitrogen and oxygen atoms in total. The molecule has 1 aromatic carbocycles. The van der Waals surface area contributed by atoms with E-state index in [0.29, 0.717) is 10.1 Å². The van der Waals surface area contributed by atoms with Crippen molar-refractivity contribution in [3.8, 4) is 0 Å². The lowest BCUT2D eigenvalue weighted by atomic mass is 10.1. The highest BCUT2D eigenvalue weighted by Gasteiger charge is 2.50. The van der Waals surface area contributed by atoms with E-state index in [1.165, 1.54) is 10.8 Å². The van der Waals surface area contributed by atoms with Gasteiger partial charge in [-0.2, -0.15) is 4.57 Å². The Kier molecular flexibility index (Phi) is 4.67. The molecular weight excluding hydrogens is 372 g/mol. The van der Waals surface area contributed by atoms with Gasteiger partial charge >= 0.3 is 5.69 Å². The van der Waals surface area contributed by atoms with Crippen molar-refractivity contribution in [2.75, 3.05) is 0 Å². The number of fused-ring (bicyclic) bond motifs is 1. The monoisotopic (exact) mass is 396 g/mol. The fourth-order valence-electron chi connectivity index (χ4n) is 4.09. The summed E-state index contributed by atoms with van der Waals surface area (Å²) >= 11 is 0. The number of carbonyl (C=O) groups excluding carboxylic acids is 1. The maximum atomic E-state index is 13.3. The number of ether oxygens (including phenoxy) is 2. The van der Waals surface area contributed by atoms with Gasteiger partial charge in [0.1, 0.15) is 12.2 Å². The smallest absolute Gasteiger partial charge is 0.338 e. The average molecular weight is 396 g/mol. The number of rotatable bonds is 3. The molecule has 0 saturated carbocycles. The zero-order valence-electron chi connectivity index (χ0n) is 16.9. The second-order valence-corrected chi connectivity index (χ2v) is 7.92. The molecule has 4 rings (SSSR count). The molecule has 0 N–H and O–H groups in total. The van der Waals surface area contributed by atoms with Crippen LogP contribution >= 0.6 is 0 Å². The third-order valence-electron chi connectivity index (χ3n) is 5.45. The molecule has 0 amide bonds.